The molecule has 4 aromatic rings. The van der Waals surface area contributed by atoms with Gasteiger partial charge < -0.3 is 10.3 Å². The van der Waals surface area contributed by atoms with E-state index in [1.807, 2.05) is 30.3 Å². The van der Waals surface area contributed by atoms with Crippen molar-refractivity contribution in [1.29, 1.82) is 0 Å². The van der Waals surface area contributed by atoms with Gasteiger partial charge in [0.2, 0.25) is 5.91 Å². The van der Waals surface area contributed by atoms with Gasteiger partial charge in [0, 0.05) is 21.9 Å². The Balaban J connectivity index is 1.99. The predicted octanol–water partition coefficient (Wildman–Crippen LogP) is 5.53. The number of aryl methyl sites for hydroxylation is 2. The van der Waals surface area contributed by atoms with E-state index in [2.05, 4.69) is 23.6 Å². The Morgan fingerprint density at radius 2 is 1.97 bits per heavy atom. The van der Waals surface area contributed by atoms with Gasteiger partial charge in [-0.05, 0) is 55.2 Å². The van der Waals surface area contributed by atoms with Gasteiger partial charge in [-0.15, -0.1) is 0 Å². The molecule has 2 N–H and O–H groups in total. The van der Waals surface area contributed by atoms with E-state index < -0.39 is 5.91 Å². The molecule has 1 aromatic heterocycles. The first-order valence-electron chi connectivity index (χ1n) is 10.0. The number of benzene rings is 3. The number of hydrogen-bond donors (Lipinski definition) is 1. The molecule has 1 radical (unpaired) electrons. The van der Waals surface area contributed by atoms with Crippen LogP contribution in [0.4, 0.5) is 4.39 Å². The predicted molar refractivity (Wildman–Crippen MR) is 116 cm³/mol. The number of primary amides is 1. The zero-order chi connectivity index (χ0) is 20.5. The second-order valence-corrected chi connectivity index (χ2v) is 7.57. The fourth-order valence-corrected chi connectivity index (χ4v) is 4.00. The van der Waals surface area contributed by atoms with Crippen molar-refractivity contribution in [2.45, 2.75) is 39.7 Å². The van der Waals surface area contributed by atoms with Crippen LogP contribution in [0.3, 0.4) is 0 Å². The molecule has 0 fully saturated rings. The van der Waals surface area contributed by atoms with Crippen molar-refractivity contribution in [1.82, 2.24) is 4.57 Å². The molecule has 0 aliphatic rings. The molecule has 0 saturated heterocycles. The van der Waals surface area contributed by atoms with Gasteiger partial charge in [0.25, 0.3) is 0 Å². The number of hydrogen-bond acceptors (Lipinski definition) is 1. The molecule has 0 unspecified atom stereocenters. The lowest BCUT2D eigenvalue weighted by Crippen LogP contribution is -2.11. The number of rotatable bonds is 6. The summed E-state index contributed by atoms with van der Waals surface area (Å²) in [4.78, 5) is 12.1. The van der Waals surface area contributed by atoms with Crippen molar-refractivity contribution in [2.75, 3.05) is 0 Å². The number of nitrogens with zero attached hydrogens (tertiary/aromatic N) is 1. The summed E-state index contributed by atoms with van der Waals surface area (Å²) in [5, 5.41) is 1.63. The van der Waals surface area contributed by atoms with Crippen LogP contribution in [0.1, 0.15) is 46.8 Å². The highest BCUT2D eigenvalue weighted by atomic mass is 19.1. The molecule has 0 aliphatic carbocycles. The molecule has 0 atom stereocenters. The average Bonchev–Trinajstić information content (AvgIpc) is 3.03. The number of nitrogens with two attached hydrogens (primary N) is 1. The molecule has 0 saturated carbocycles. The molecule has 0 aliphatic heterocycles. The molecule has 1 amide bonds. The SMILES string of the molecule is CCCCc1c[c]c2c3c(C(N)=O)cccc3n(Cc3cccc(C)c3F)c2c1. The van der Waals surface area contributed by atoms with E-state index in [4.69, 9.17) is 5.73 Å². The number of unbranched alkanes of at least 4 members (excludes halogenated alkanes) is 1. The fraction of sp³-hybridized carbons (Fsp3) is 0.240. The zero-order valence-corrected chi connectivity index (χ0v) is 16.8. The summed E-state index contributed by atoms with van der Waals surface area (Å²) in [5.41, 5.74) is 10.4. The summed E-state index contributed by atoms with van der Waals surface area (Å²) >= 11 is 0. The maximum absolute atomic E-state index is 14.8. The highest BCUT2D eigenvalue weighted by Crippen LogP contribution is 2.33. The Morgan fingerprint density at radius 3 is 2.72 bits per heavy atom. The third-order valence-corrected chi connectivity index (χ3v) is 5.54. The van der Waals surface area contributed by atoms with E-state index in [1.165, 1.54) is 5.56 Å². The summed E-state index contributed by atoms with van der Waals surface area (Å²) in [6.07, 6.45) is 3.17. The fourth-order valence-electron chi connectivity index (χ4n) is 4.00. The second kappa shape index (κ2) is 7.70. The topological polar surface area (TPSA) is 48.0 Å². The molecule has 4 heteroatoms. The van der Waals surface area contributed by atoms with Crippen LogP contribution in [0.25, 0.3) is 21.8 Å². The number of amides is 1. The summed E-state index contributed by atoms with van der Waals surface area (Å²) in [7, 11) is 0. The third-order valence-electron chi connectivity index (χ3n) is 5.54. The summed E-state index contributed by atoms with van der Waals surface area (Å²) < 4.78 is 16.8. The number of carbonyl (C=O) groups excluding carboxylic acids is 1. The maximum Gasteiger partial charge on any atom is 0.249 e. The molecule has 3 aromatic carbocycles. The van der Waals surface area contributed by atoms with Gasteiger partial charge in [0.1, 0.15) is 5.82 Å². The van der Waals surface area contributed by atoms with Crippen LogP contribution >= 0.6 is 0 Å². The number of fused-ring (bicyclic) bond motifs is 3. The molecular formula is C25H24FN2O. The molecule has 3 nitrogen and oxygen atoms in total. The van der Waals surface area contributed by atoms with Gasteiger partial charge in [-0.1, -0.05) is 43.7 Å². The normalized spacial score (nSPS) is 11.4. The van der Waals surface area contributed by atoms with E-state index in [9.17, 15) is 9.18 Å². The zero-order valence-electron chi connectivity index (χ0n) is 16.8. The monoisotopic (exact) mass is 387 g/mol. The number of carbonyl (C=O) groups is 1. The van der Waals surface area contributed by atoms with Crippen molar-refractivity contribution in [3.05, 3.63) is 82.7 Å². The first kappa shape index (κ1) is 19.2. The number of halogens is 1. The first-order chi connectivity index (χ1) is 14.0. The maximum atomic E-state index is 14.8. The lowest BCUT2D eigenvalue weighted by atomic mass is 10.0. The Bertz CT molecular complexity index is 1220. The van der Waals surface area contributed by atoms with Crippen molar-refractivity contribution in [3.8, 4) is 0 Å². The highest BCUT2D eigenvalue weighted by Gasteiger charge is 2.18. The molecule has 4 rings (SSSR count). The molecule has 1 heterocycles. The summed E-state index contributed by atoms with van der Waals surface area (Å²) in [6, 6.07) is 18.5. The van der Waals surface area contributed by atoms with Crippen LogP contribution in [0.15, 0.2) is 48.5 Å². The van der Waals surface area contributed by atoms with Crippen LogP contribution in [0.5, 0.6) is 0 Å². The largest absolute Gasteiger partial charge is 0.366 e. The minimum absolute atomic E-state index is 0.195. The number of aromatic nitrogens is 1. The Hall–Kier alpha value is -3.14. The van der Waals surface area contributed by atoms with Gasteiger partial charge >= 0.3 is 0 Å². The van der Waals surface area contributed by atoms with Crippen LogP contribution in [0, 0.1) is 18.8 Å². The molecule has 29 heavy (non-hydrogen) atoms. The van der Waals surface area contributed by atoms with Crippen LogP contribution < -0.4 is 5.73 Å². The van der Waals surface area contributed by atoms with Gasteiger partial charge in [-0.2, -0.15) is 0 Å². The smallest absolute Gasteiger partial charge is 0.249 e. The summed E-state index contributed by atoms with van der Waals surface area (Å²) in [5.74, 6) is -0.667. The van der Waals surface area contributed by atoms with Gasteiger partial charge in [-0.3, -0.25) is 4.79 Å². The quantitative estimate of drug-likeness (QED) is 0.464. The van der Waals surface area contributed by atoms with Crippen molar-refractivity contribution in [2.24, 2.45) is 5.73 Å². The van der Waals surface area contributed by atoms with E-state index in [0.717, 1.165) is 41.1 Å². The molecular weight excluding hydrogens is 363 g/mol. The average molecular weight is 387 g/mol. The standard InChI is InChI=1S/C25H24FN2O/c1-3-4-8-17-12-13-19-22(14-17)28(15-18-9-5-7-16(2)24(18)26)21-11-6-10-20(23(19)21)25(27)29/h5-7,9-12,14H,3-4,8,15H2,1-2H3,(H2,27,29). The molecule has 147 valence electrons. The minimum Gasteiger partial charge on any atom is -0.366 e. The van der Waals surface area contributed by atoms with E-state index in [0.29, 0.717) is 23.2 Å². The lowest BCUT2D eigenvalue weighted by Gasteiger charge is -2.11. The van der Waals surface area contributed by atoms with Crippen molar-refractivity contribution < 1.29 is 9.18 Å². The minimum atomic E-state index is -0.472. The van der Waals surface area contributed by atoms with E-state index in [1.54, 1.807) is 19.1 Å². The van der Waals surface area contributed by atoms with Gasteiger partial charge in [0.15, 0.2) is 0 Å². The Morgan fingerprint density at radius 1 is 1.17 bits per heavy atom. The summed E-state index contributed by atoms with van der Waals surface area (Å²) in [6.45, 7) is 4.31. The molecule has 0 spiro atoms. The Labute approximate surface area is 169 Å². The first-order valence-corrected chi connectivity index (χ1v) is 10.0. The van der Waals surface area contributed by atoms with E-state index >= 15 is 0 Å². The van der Waals surface area contributed by atoms with Crippen LogP contribution in [-0.4, -0.2) is 10.5 Å². The van der Waals surface area contributed by atoms with Crippen LogP contribution in [-0.2, 0) is 13.0 Å². The second-order valence-electron chi connectivity index (χ2n) is 7.57. The third kappa shape index (κ3) is 3.39. The van der Waals surface area contributed by atoms with Gasteiger partial charge in [0.05, 0.1) is 17.6 Å². The van der Waals surface area contributed by atoms with Crippen LogP contribution in [0.2, 0.25) is 0 Å². The van der Waals surface area contributed by atoms with Gasteiger partial charge in [-0.25, -0.2) is 4.39 Å². The lowest BCUT2D eigenvalue weighted by molar-refractivity contribution is 0.100. The Kier molecular flexibility index (Phi) is 5.10. The highest BCUT2D eigenvalue weighted by molar-refractivity contribution is 6.17. The van der Waals surface area contributed by atoms with E-state index in [-0.39, 0.29) is 5.82 Å². The van der Waals surface area contributed by atoms with Crippen molar-refractivity contribution in [3.63, 3.8) is 0 Å². The van der Waals surface area contributed by atoms with Crippen molar-refractivity contribution >= 4 is 27.7 Å². The molecule has 0 bridgehead atoms.